The number of hydrogen-bond donors (Lipinski definition) is 2. The molecule has 0 aliphatic carbocycles. The second kappa shape index (κ2) is 6.30. The van der Waals surface area contributed by atoms with Crippen LogP contribution in [0.15, 0.2) is 45.3 Å². The first-order chi connectivity index (χ1) is 9.40. The molecule has 0 amide bonds. The van der Waals surface area contributed by atoms with Crippen molar-refractivity contribution in [3.63, 3.8) is 0 Å². The molecule has 0 aliphatic heterocycles. The van der Waals surface area contributed by atoms with E-state index in [0.29, 0.717) is 20.1 Å². The second-order valence-electron chi connectivity index (χ2n) is 4.38. The van der Waals surface area contributed by atoms with E-state index in [-0.39, 0.29) is 0 Å². The molecule has 0 spiro atoms. The van der Waals surface area contributed by atoms with E-state index < -0.39 is 23.7 Å². The molecule has 0 radical (unpaired) electrons. The lowest BCUT2D eigenvalue weighted by Gasteiger charge is -2.23. The topological polar surface area (TPSA) is 52.0 Å². The highest BCUT2D eigenvalue weighted by molar-refractivity contribution is 9.10. The molecular weight excluding hydrogens is 394 g/mol. The highest BCUT2D eigenvalue weighted by atomic mass is 79.9. The van der Waals surface area contributed by atoms with Crippen LogP contribution in [0, 0.1) is 11.6 Å². The summed E-state index contributed by atoms with van der Waals surface area (Å²) in [6.45, 7) is 0. The zero-order valence-electron chi connectivity index (χ0n) is 10.3. The zero-order chi connectivity index (χ0) is 14.9. The van der Waals surface area contributed by atoms with Gasteiger partial charge in [-0.1, -0.05) is 31.9 Å². The van der Waals surface area contributed by atoms with Crippen LogP contribution in [0.3, 0.4) is 0 Å². The summed E-state index contributed by atoms with van der Waals surface area (Å²) >= 11 is 6.63. The molecule has 0 aromatic heterocycles. The summed E-state index contributed by atoms with van der Waals surface area (Å²) in [6, 6.07) is 7.09. The van der Waals surface area contributed by atoms with Crippen LogP contribution in [0.25, 0.3) is 0 Å². The van der Waals surface area contributed by atoms with Crippen molar-refractivity contribution in [1.82, 2.24) is 0 Å². The van der Waals surface area contributed by atoms with Crippen molar-refractivity contribution in [2.75, 3.05) is 0 Å². The molecule has 2 aromatic carbocycles. The van der Waals surface area contributed by atoms with Gasteiger partial charge in [-0.25, -0.2) is 8.78 Å². The fraction of sp³-hybridized carbons (Fsp3) is 0.143. The molecule has 20 heavy (non-hydrogen) atoms. The third-order valence-corrected chi connectivity index (χ3v) is 4.47. The van der Waals surface area contributed by atoms with Gasteiger partial charge in [-0.3, -0.25) is 0 Å². The lowest BCUT2D eigenvalue weighted by molar-refractivity contribution is 0.553. The molecule has 4 N–H and O–H groups in total. The molecule has 0 saturated carbocycles. The molecule has 106 valence electrons. The summed E-state index contributed by atoms with van der Waals surface area (Å²) in [5, 5.41) is 0. The maximum absolute atomic E-state index is 13.3. The third kappa shape index (κ3) is 3.25. The van der Waals surface area contributed by atoms with E-state index in [1.807, 2.05) is 0 Å². The number of halogens is 4. The minimum atomic E-state index is -0.668. The van der Waals surface area contributed by atoms with Gasteiger partial charge >= 0.3 is 0 Å². The van der Waals surface area contributed by atoms with Gasteiger partial charge in [0, 0.05) is 8.95 Å². The molecule has 0 heterocycles. The van der Waals surface area contributed by atoms with Gasteiger partial charge in [-0.2, -0.15) is 0 Å². The summed E-state index contributed by atoms with van der Waals surface area (Å²) in [6.07, 6.45) is 0. The first kappa shape index (κ1) is 15.6. The third-order valence-electron chi connectivity index (χ3n) is 3.02. The Balaban J connectivity index is 2.39. The SMILES string of the molecule is NC(c1cc(F)ccc1Br)C(N)c1cc(F)ccc1Br. The molecule has 6 heteroatoms. The Hall–Kier alpha value is -0.820. The van der Waals surface area contributed by atoms with Gasteiger partial charge in [-0.05, 0) is 47.5 Å². The number of nitrogens with two attached hydrogens (primary N) is 2. The predicted molar refractivity (Wildman–Crippen MR) is 82.1 cm³/mol. The molecule has 0 aliphatic rings. The highest BCUT2D eigenvalue weighted by Gasteiger charge is 2.22. The van der Waals surface area contributed by atoms with Crippen molar-refractivity contribution >= 4 is 31.9 Å². The van der Waals surface area contributed by atoms with E-state index in [1.54, 1.807) is 12.1 Å². The molecule has 2 aromatic rings. The van der Waals surface area contributed by atoms with E-state index in [9.17, 15) is 8.78 Å². The van der Waals surface area contributed by atoms with Crippen LogP contribution < -0.4 is 11.5 Å². The first-order valence-corrected chi connectivity index (χ1v) is 7.40. The molecule has 2 nitrogen and oxygen atoms in total. The van der Waals surface area contributed by atoms with E-state index in [0.717, 1.165) is 0 Å². The molecule has 0 fully saturated rings. The number of hydrogen-bond acceptors (Lipinski definition) is 2. The largest absolute Gasteiger partial charge is 0.322 e. The second-order valence-corrected chi connectivity index (χ2v) is 6.09. The van der Waals surface area contributed by atoms with Gasteiger partial charge < -0.3 is 11.5 Å². The molecule has 2 unspecified atom stereocenters. The van der Waals surface area contributed by atoms with Crippen molar-refractivity contribution in [2.24, 2.45) is 11.5 Å². The summed E-state index contributed by atoms with van der Waals surface area (Å²) in [5.41, 5.74) is 13.3. The van der Waals surface area contributed by atoms with Crippen molar-refractivity contribution in [2.45, 2.75) is 12.1 Å². The van der Waals surface area contributed by atoms with Crippen molar-refractivity contribution < 1.29 is 8.78 Å². The Kier molecular flexibility index (Phi) is 4.90. The Labute approximate surface area is 132 Å². The van der Waals surface area contributed by atoms with Gasteiger partial charge in [-0.15, -0.1) is 0 Å². The van der Waals surface area contributed by atoms with Gasteiger partial charge in [0.15, 0.2) is 0 Å². The fourth-order valence-corrected chi connectivity index (χ4v) is 2.95. The van der Waals surface area contributed by atoms with Crippen LogP contribution >= 0.6 is 31.9 Å². The van der Waals surface area contributed by atoms with E-state index >= 15 is 0 Å². The molecule has 2 rings (SSSR count). The maximum atomic E-state index is 13.3. The van der Waals surface area contributed by atoms with Crippen LogP contribution in [0.1, 0.15) is 23.2 Å². The van der Waals surface area contributed by atoms with Crippen LogP contribution in [-0.4, -0.2) is 0 Å². The van der Waals surface area contributed by atoms with Crippen LogP contribution in [0.4, 0.5) is 8.78 Å². The van der Waals surface area contributed by atoms with E-state index in [2.05, 4.69) is 31.9 Å². The van der Waals surface area contributed by atoms with Crippen molar-refractivity contribution in [3.8, 4) is 0 Å². The Bertz CT molecular complexity index is 579. The van der Waals surface area contributed by atoms with E-state index in [4.69, 9.17) is 11.5 Å². The van der Waals surface area contributed by atoms with Crippen molar-refractivity contribution in [3.05, 3.63) is 68.1 Å². The van der Waals surface area contributed by atoms with Gasteiger partial charge in [0.25, 0.3) is 0 Å². The summed E-state index contributed by atoms with van der Waals surface area (Å²) < 4.78 is 28.0. The average Bonchev–Trinajstić information content (AvgIpc) is 2.42. The summed E-state index contributed by atoms with van der Waals surface area (Å²) in [4.78, 5) is 0. The van der Waals surface area contributed by atoms with Crippen LogP contribution in [0.5, 0.6) is 0 Å². The molecule has 0 bridgehead atoms. The minimum Gasteiger partial charge on any atom is -0.322 e. The summed E-state index contributed by atoms with van der Waals surface area (Å²) in [5.74, 6) is -0.798. The normalized spacial score (nSPS) is 14.1. The minimum absolute atomic E-state index is 0.399. The lowest BCUT2D eigenvalue weighted by atomic mass is 9.95. The van der Waals surface area contributed by atoms with Crippen molar-refractivity contribution in [1.29, 1.82) is 0 Å². The predicted octanol–water partition coefficient (Wildman–Crippen LogP) is 4.19. The van der Waals surface area contributed by atoms with Crippen LogP contribution in [0.2, 0.25) is 0 Å². The fourth-order valence-electron chi connectivity index (χ4n) is 1.93. The smallest absolute Gasteiger partial charge is 0.123 e. The summed E-state index contributed by atoms with van der Waals surface area (Å²) in [7, 11) is 0. The first-order valence-electron chi connectivity index (χ1n) is 5.81. The number of rotatable bonds is 3. The molecule has 0 saturated heterocycles. The van der Waals surface area contributed by atoms with Gasteiger partial charge in [0.05, 0.1) is 12.1 Å². The monoisotopic (exact) mass is 404 g/mol. The van der Waals surface area contributed by atoms with Gasteiger partial charge in [0.2, 0.25) is 0 Å². The Morgan fingerprint density at radius 2 is 1.10 bits per heavy atom. The molecular formula is C14H12Br2F2N2. The lowest BCUT2D eigenvalue weighted by Crippen LogP contribution is -2.27. The highest BCUT2D eigenvalue weighted by Crippen LogP contribution is 2.33. The quantitative estimate of drug-likeness (QED) is 0.804. The molecule has 2 atom stereocenters. The van der Waals surface area contributed by atoms with Crippen LogP contribution in [-0.2, 0) is 0 Å². The number of benzene rings is 2. The van der Waals surface area contributed by atoms with E-state index in [1.165, 1.54) is 24.3 Å². The maximum Gasteiger partial charge on any atom is 0.123 e. The Morgan fingerprint density at radius 3 is 1.45 bits per heavy atom. The Morgan fingerprint density at radius 1 is 0.750 bits per heavy atom. The standard InChI is InChI=1S/C14H12Br2F2N2/c15-11-3-1-7(17)5-9(11)13(19)14(20)10-6-8(18)2-4-12(10)16/h1-6,13-14H,19-20H2. The van der Waals surface area contributed by atoms with Gasteiger partial charge in [0.1, 0.15) is 11.6 Å². The zero-order valence-corrected chi connectivity index (χ0v) is 13.5. The average molecular weight is 406 g/mol.